The van der Waals surface area contributed by atoms with E-state index in [1.54, 1.807) is 0 Å². The Kier molecular flexibility index (Phi) is 5.40. The first-order valence-corrected chi connectivity index (χ1v) is 11.8. The van der Waals surface area contributed by atoms with Crippen LogP contribution in [0.15, 0.2) is 128 Å². The number of hydrogen-bond acceptors (Lipinski definition) is 2. The molecule has 6 aromatic rings. The van der Waals surface area contributed by atoms with Crippen LogP contribution in [0.1, 0.15) is 5.56 Å². The molecule has 4 aromatic carbocycles. The van der Waals surface area contributed by atoms with Crippen LogP contribution in [0.2, 0.25) is 0 Å². The maximum absolute atomic E-state index is 4.53. The van der Waals surface area contributed by atoms with Gasteiger partial charge in [-0.1, -0.05) is 84.9 Å². The molecule has 2 heteroatoms. The van der Waals surface area contributed by atoms with Crippen molar-refractivity contribution in [1.29, 1.82) is 0 Å². The van der Waals surface area contributed by atoms with Gasteiger partial charge in [-0.15, -0.1) is 0 Å². The quantitative estimate of drug-likeness (QED) is 0.270. The lowest BCUT2D eigenvalue weighted by atomic mass is 9.88. The van der Waals surface area contributed by atoms with Crippen LogP contribution in [0.3, 0.4) is 0 Å². The lowest BCUT2D eigenvalue weighted by Crippen LogP contribution is -1.92. The summed E-state index contributed by atoms with van der Waals surface area (Å²) in [6, 6.07) is 38.4. The molecule has 2 heterocycles. The van der Waals surface area contributed by atoms with Crippen LogP contribution in [-0.4, -0.2) is 9.97 Å². The number of benzene rings is 4. The summed E-state index contributed by atoms with van der Waals surface area (Å²) in [7, 11) is 0. The Morgan fingerprint density at radius 3 is 2.09 bits per heavy atom. The summed E-state index contributed by atoms with van der Waals surface area (Å²) in [6.45, 7) is 2.22. The van der Waals surface area contributed by atoms with E-state index in [1.807, 2.05) is 36.8 Å². The van der Waals surface area contributed by atoms with Crippen molar-refractivity contribution in [2.24, 2.45) is 0 Å². The van der Waals surface area contributed by atoms with Crippen LogP contribution in [0.25, 0.3) is 55.4 Å². The van der Waals surface area contributed by atoms with Crippen molar-refractivity contribution in [3.63, 3.8) is 0 Å². The summed E-state index contributed by atoms with van der Waals surface area (Å²) >= 11 is 0. The maximum Gasteiger partial charge on any atom is 0.0702 e. The van der Waals surface area contributed by atoms with Gasteiger partial charge in [0.1, 0.15) is 0 Å². The van der Waals surface area contributed by atoms with E-state index >= 15 is 0 Å². The van der Waals surface area contributed by atoms with Crippen molar-refractivity contribution in [1.82, 2.24) is 9.97 Å². The van der Waals surface area contributed by atoms with Gasteiger partial charge in [0, 0.05) is 29.5 Å². The molecule has 0 saturated heterocycles. The van der Waals surface area contributed by atoms with Gasteiger partial charge >= 0.3 is 0 Å². The first-order valence-electron chi connectivity index (χ1n) is 11.8. The van der Waals surface area contributed by atoms with Gasteiger partial charge in [0.15, 0.2) is 0 Å². The first kappa shape index (κ1) is 21.0. The van der Waals surface area contributed by atoms with Crippen LogP contribution in [0.5, 0.6) is 0 Å². The minimum Gasteiger partial charge on any atom is -0.264 e. The van der Waals surface area contributed by atoms with Crippen molar-refractivity contribution in [2.45, 2.75) is 6.92 Å². The van der Waals surface area contributed by atoms with E-state index in [2.05, 4.69) is 108 Å². The Morgan fingerprint density at radius 2 is 1.23 bits per heavy atom. The second kappa shape index (κ2) is 9.00. The third-order valence-electron chi connectivity index (χ3n) is 6.66. The predicted octanol–water partition coefficient (Wildman–Crippen LogP) is 8.61. The number of hydrogen-bond donors (Lipinski definition) is 0. The van der Waals surface area contributed by atoms with E-state index in [-0.39, 0.29) is 0 Å². The van der Waals surface area contributed by atoms with Crippen molar-refractivity contribution >= 4 is 10.8 Å². The first-order chi connectivity index (χ1) is 17.3. The number of pyridine rings is 2. The van der Waals surface area contributed by atoms with Gasteiger partial charge in [0.25, 0.3) is 0 Å². The highest BCUT2D eigenvalue weighted by molar-refractivity contribution is 6.05. The summed E-state index contributed by atoms with van der Waals surface area (Å²) in [6.07, 6.45) is 5.70. The highest BCUT2D eigenvalue weighted by atomic mass is 14.7. The normalized spacial score (nSPS) is 11.0. The Hall–Kier alpha value is -4.56. The number of fused-ring (bicyclic) bond motifs is 1. The summed E-state index contributed by atoms with van der Waals surface area (Å²) in [5.74, 6) is 0. The third-order valence-corrected chi connectivity index (χ3v) is 6.66. The lowest BCUT2D eigenvalue weighted by molar-refractivity contribution is 1.33. The average Bonchev–Trinajstić information content (AvgIpc) is 2.94. The van der Waals surface area contributed by atoms with E-state index in [9.17, 15) is 0 Å². The van der Waals surface area contributed by atoms with E-state index in [4.69, 9.17) is 0 Å². The van der Waals surface area contributed by atoms with Gasteiger partial charge in [-0.2, -0.15) is 0 Å². The van der Waals surface area contributed by atoms with Crippen LogP contribution in [0.4, 0.5) is 0 Å². The Bertz CT molecular complexity index is 1640. The van der Waals surface area contributed by atoms with Gasteiger partial charge < -0.3 is 0 Å². The fourth-order valence-electron chi connectivity index (χ4n) is 4.91. The molecule has 0 saturated carbocycles. The molecular weight excluding hydrogens is 424 g/mol. The SMILES string of the molecule is Cc1c(-c2ccccc2)cccc1-c1ccc(-c2cccc(-c3ccccn3)c2)c2cnccc12. The minimum absolute atomic E-state index is 0.974. The molecule has 0 aliphatic rings. The summed E-state index contributed by atoms with van der Waals surface area (Å²) in [4.78, 5) is 9.02. The van der Waals surface area contributed by atoms with E-state index < -0.39 is 0 Å². The lowest BCUT2D eigenvalue weighted by Gasteiger charge is -2.16. The van der Waals surface area contributed by atoms with E-state index in [0.717, 1.165) is 22.2 Å². The predicted molar refractivity (Wildman–Crippen MR) is 146 cm³/mol. The molecule has 0 fully saturated rings. The zero-order valence-corrected chi connectivity index (χ0v) is 19.5. The highest BCUT2D eigenvalue weighted by Crippen LogP contribution is 2.39. The highest BCUT2D eigenvalue weighted by Gasteiger charge is 2.14. The molecule has 0 aliphatic carbocycles. The summed E-state index contributed by atoms with van der Waals surface area (Å²) < 4.78 is 0. The van der Waals surface area contributed by atoms with E-state index in [1.165, 1.54) is 38.8 Å². The Morgan fingerprint density at radius 1 is 0.486 bits per heavy atom. The second-order valence-electron chi connectivity index (χ2n) is 8.72. The van der Waals surface area contributed by atoms with E-state index in [0.29, 0.717) is 0 Å². The molecule has 0 amide bonds. The molecule has 0 spiro atoms. The zero-order chi connectivity index (χ0) is 23.6. The molecule has 2 nitrogen and oxygen atoms in total. The van der Waals surface area contributed by atoms with Gasteiger partial charge in [-0.3, -0.25) is 9.97 Å². The topological polar surface area (TPSA) is 25.8 Å². The van der Waals surface area contributed by atoms with Crippen LogP contribution in [-0.2, 0) is 0 Å². The molecule has 166 valence electrons. The summed E-state index contributed by atoms with van der Waals surface area (Å²) in [5, 5.41) is 2.35. The third kappa shape index (κ3) is 3.89. The maximum atomic E-state index is 4.53. The fourth-order valence-corrected chi connectivity index (χ4v) is 4.91. The molecule has 2 aromatic heterocycles. The van der Waals surface area contributed by atoms with Crippen LogP contribution < -0.4 is 0 Å². The molecule has 6 rings (SSSR count). The molecule has 0 atom stereocenters. The molecule has 0 radical (unpaired) electrons. The smallest absolute Gasteiger partial charge is 0.0702 e. The number of nitrogens with zero attached hydrogens (tertiary/aromatic N) is 2. The van der Waals surface area contributed by atoms with Crippen molar-refractivity contribution in [3.05, 3.63) is 133 Å². The van der Waals surface area contributed by atoms with Gasteiger partial charge in [0.2, 0.25) is 0 Å². The second-order valence-corrected chi connectivity index (χ2v) is 8.72. The largest absolute Gasteiger partial charge is 0.264 e. The van der Waals surface area contributed by atoms with Crippen LogP contribution >= 0.6 is 0 Å². The van der Waals surface area contributed by atoms with Gasteiger partial charge in [0.05, 0.1) is 5.69 Å². The average molecular weight is 449 g/mol. The zero-order valence-electron chi connectivity index (χ0n) is 19.5. The van der Waals surface area contributed by atoms with Crippen molar-refractivity contribution < 1.29 is 0 Å². The van der Waals surface area contributed by atoms with Crippen molar-refractivity contribution in [2.75, 3.05) is 0 Å². The Balaban J connectivity index is 1.51. The fraction of sp³-hybridized carbons (Fsp3) is 0.0303. The van der Waals surface area contributed by atoms with Gasteiger partial charge in [-0.05, 0) is 75.5 Å². The number of aromatic nitrogens is 2. The monoisotopic (exact) mass is 448 g/mol. The molecule has 0 N–H and O–H groups in total. The standard InChI is InChI=1S/C33H24N2/c1-23-27(24-9-3-2-4-10-24)13-8-14-28(23)30-17-16-29(32-22-34-20-18-31(30)32)25-11-7-12-26(21-25)33-15-5-6-19-35-33/h2-22H,1H3. The molecule has 0 aliphatic heterocycles. The van der Waals surface area contributed by atoms with Crippen LogP contribution in [0, 0.1) is 6.92 Å². The minimum atomic E-state index is 0.974. The molecular formula is C33H24N2. The molecule has 35 heavy (non-hydrogen) atoms. The Labute approximate surface area is 205 Å². The van der Waals surface area contributed by atoms with Crippen molar-refractivity contribution in [3.8, 4) is 44.6 Å². The molecule has 0 unspecified atom stereocenters. The number of rotatable bonds is 4. The molecule has 0 bridgehead atoms. The summed E-state index contributed by atoms with van der Waals surface area (Å²) in [5.41, 5.74) is 10.7. The van der Waals surface area contributed by atoms with Gasteiger partial charge in [-0.25, -0.2) is 0 Å².